The van der Waals surface area contributed by atoms with E-state index in [0.717, 1.165) is 16.9 Å². The third-order valence-electron chi connectivity index (χ3n) is 2.52. The van der Waals surface area contributed by atoms with Gasteiger partial charge in [-0.1, -0.05) is 12.1 Å². The van der Waals surface area contributed by atoms with E-state index >= 15 is 0 Å². The molecule has 0 unspecified atom stereocenters. The topological polar surface area (TPSA) is 29.0 Å². The fourth-order valence-corrected chi connectivity index (χ4v) is 1.75. The Hall–Kier alpha value is -1.35. The number of benzene rings is 1. The van der Waals surface area contributed by atoms with Crippen LogP contribution < -0.4 is 4.57 Å². The lowest BCUT2D eigenvalue weighted by atomic mass is 10.3. The average molecular weight is 177 g/mol. The number of fused-ring (bicyclic) bond motifs is 1. The zero-order valence-corrected chi connectivity index (χ0v) is 7.86. The minimum absolute atomic E-state index is 0.0711. The number of aromatic nitrogens is 2. The molecule has 0 radical (unpaired) electrons. The van der Waals surface area contributed by atoms with E-state index < -0.39 is 0 Å². The Bertz CT molecular complexity index is 406. The van der Waals surface area contributed by atoms with Gasteiger partial charge in [-0.05, 0) is 12.1 Å². The molecule has 3 nitrogen and oxygen atoms in total. The summed E-state index contributed by atoms with van der Waals surface area (Å²) in [6.07, 6.45) is 0. The molecule has 2 aromatic rings. The van der Waals surface area contributed by atoms with Gasteiger partial charge in [-0.25, -0.2) is 9.13 Å². The molecule has 0 aliphatic heterocycles. The molecule has 1 N–H and O–H groups in total. The van der Waals surface area contributed by atoms with Crippen molar-refractivity contribution in [2.75, 3.05) is 0 Å². The van der Waals surface area contributed by atoms with E-state index in [1.54, 1.807) is 0 Å². The van der Waals surface area contributed by atoms with Crippen LogP contribution in [0.5, 0.6) is 0 Å². The lowest BCUT2D eigenvalue weighted by Crippen LogP contribution is -2.32. The smallest absolute Gasteiger partial charge is 0.283 e. The maximum Gasteiger partial charge on any atom is 0.283 e. The van der Waals surface area contributed by atoms with Crippen molar-refractivity contribution in [3.8, 4) is 0 Å². The Kier molecular flexibility index (Phi) is 1.81. The van der Waals surface area contributed by atoms with E-state index in [2.05, 4.69) is 12.1 Å². The number of aryl methyl sites for hydroxylation is 2. The fraction of sp³-hybridized carbons (Fsp3) is 0.300. The predicted octanol–water partition coefficient (Wildman–Crippen LogP) is 0.495. The SMILES string of the molecule is Cn1c(CO)[n+](C)c2ccccc21. The highest BCUT2D eigenvalue weighted by atomic mass is 16.3. The van der Waals surface area contributed by atoms with Gasteiger partial charge in [-0.2, -0.15) is 0 Å². The summed E-state index contributed by atoms with van der Waals surface area (Å²) in [6.45, 7) is 0.0711. The van der Waals surface area contributed by atoms with Gasteiger partial charge in [-0.3, -0.25) is 0 Å². The highest BCUT2D eigenvalue weighted by Crippen LogP contribution is 2.11. The van der Waals surface area contributed by atoms with Gasteiger partial charge < -0.3 is 5.11 Å². The largest absolute Gasteiger partial charge is 0.384 e. The van der Waals surface area contributed by atoms with Crippen LogP contribution in [0.15, 0.2) is 24.3 Å². The second-order valence-corrected chi connectivity index (χ2v) is 3.18. The van der Waals surface area contributed by atoms with Crippen molar-refractivity contribution in [1.29, 1.82) is 0 Å². The number of para-hydroxylation sites is 2. The van der Waals surface area contributed by atoms with Crippen molar-refractivity contribution in [3.05, 3.63) is 30.1 Å². The molecule has 0 aliphatic carbocycles. The van der Waals surface area contributed by atoms with Gasteiger partial charge in [0.15, 0.2) is 11.0 Å². The van der Waals surface area contributed by atoms with E-state index in [9.17, 15) is 0 Å². The van der Waals surface area contributed by atoms with Crippen LogP contribution in [-0.2, 0) is 20.7 Å². The number of imidazole rings is 1. The molecule has 3 heteroatoms. The summed E-state index contributed by atoms with van der Waals surface area (Å²) in [4.78, 5) is 0. The van der Waals surface area contributed by atoms with Crippen molar-refractivity contribution in [2.24, 2.45) is 14.1 Å². The molecule has 13 heavy (non-hydrogen) atoms. The lowest BCUT2D eigenvalue weighted by molar-refractivity contribution is -0.656. The van der Waals surface area contributed by atoms with Crippen LogP contribution >= 0.6 is 0 Å². The van der Waals surface area contributed by atoms with Gasteiger partial charge in [0.1, 0.15) is 6.61 Å². The summed E-state index contributed by atoms with van der Waals surface area (Å²) in [7, 11) is 3.93. The van der Waals surface area contributed by atoms with Gasteiger partial charge in [0.2, 0.25) is 0 Å². The molecule has 1 aromatic carbocycles. The first-order valence-corrected chi connectivity index (χ1v) is 4.29. The Morgan fingerprint density at radius 2 is 2.08 bits per heavy atom. The molecule has 0 amide bonds. The quantitative estimate of drug-likeness (QED) is 0.631. The zero-order valence-electron chi connectivity index (χ0n) is 7.86. The van der Waals surface area contributed by atoms with Crippen LogP contribution in [0.3, 0.4) is 0 Å². The van der Waals surface area contributed by atoms with Crippen molar-refractivity contribution in [3.63, 3.8) is 0 Å². The molecule has 1 aromatic heterocycles. The summed E-state index contributed by atoms with van der Waals surface area (Å²) in [5.41, 5.74) is 2.29. The molecular formula is C10H13N2O+. The number of hydrogen-bond donors (Lipinski definition) is 1. The summed E-state index contributed by atoms with van der Waals surface area (Å²) < 4.78 is 4.02. The maximum atomic E-state index is 9.16. The highest BCUT2D eigenvalue weighted by molar-refractivity contribution is 5.71. The van der Waals surface area contributed by atoms with Crippen molar-refractivity contribution < 1.29 is 9.67 Å². The Balaban J connectivity index is 2.88. The molecule has 0 fully saturated rings. The van der Waals surface area contributed by atoms with Crippen LogP contribution in [0, 0.1) is 0 Å². The van der Waals surface area contributed by atoms with Crippen LogP contribution in [0.25, 0.3) is 11.0 Å². The van der Waals surface area contributed by atoms with Gasteiger partial charge in [-0.15, -0.1) is 0 Å². The fourth-order valence-electron chi connectivity index (χ4n) is 1.75. The Labute approximate surface area is 76.9 Å². The molecule has 0 bridgehead atoms. The first-order valence-electron chi connectivity index (χ1n) is 4.29. The monoisotopic (exact) mass is 177 g/mol. The number of rotatable bonds is 1. The number of aliphatic hydroxyl groups excluding tert-OH is 1. The van der Waals surface area contributed by atoms with E-state index in [4.69, 9.17) is 5.11 Å². The van der Waals surface area contributed by atoms with Crippen LogP contribution in [0.4, 0.5) is 0 Å². The number of hydrogen-bond acceptors (Lipinski definition) is 1. The normalized spacial score (nSPS) is 11.0. The van der Waals surface area contributed by atoms with E-state index in [1.165, 1.54) is 0 Å². The second kappa shape index (κ2) is 2.85. The first kappa shape index (κ1) is 8.26. The van der Waals surface area contributed by atoms with Crippen LogP contribution in [0.2, 0.25) is 0 Å². The molecule has 2 rings (SSSR count). The Morgan fingerprint density at radius 1 is 1.38 bits per heavy atom. The van der Waals surface area contributed by atoms with Gasteiger partial charge in [0, 0.05) is 0 Å². The number of nitrogens with zero attached hydrogens (tertiary/aromatic N) is 2. The minimum Gasteiger partial charge on any atom is -0.384 e. The van der Waals surface area contributed by atoms with Crippen LogP contribution in [-0.4, -0.2) is 9.67 Å². The predicted molar refractivity (Wildman–Crippen MR) is 50.0 cm³/mol. The average Bonchev–Trinajstić information content (AvgIpc) is 2.41. The molecule has 0 atom stereocenters. The molecular weight excluding hydrogens is 164 g/mol. The molecule has 0 spiro atoms. The molecule has 1 heterocycles. The molecule has 68 valence electrons. The van der Waals surface area contributed by atoms with E-state index in [-0.39, 0.29) is 6.61 Å². The summed E-state index contributed by atoms with van der Waals surface area (Å²) in [6, 6.07) is 8.11. The highest BCUT2D eigenvalue weighted by Gasteiger charge is 2.17. The van der Waals surface area contributed by atoms with Crippen molar-refractivity contribution in [2.45, 2.75) is 6.61 Å². The van der Waals surface area contributed by atoms with Gasteiger partial charge in [0.05, 0.1) is 14.1 Å². The lowest BCUT2D eigenvalue weighted by Gasteiger charge is -1.90. The van der Waals surface area contributed by atoms with Gasteiger partial charge >= 0.3 is 0 Å². The van der Waals surface area contributed by atoms with E-state index in [1.807, 2.05) is 35.4 Å². The second-order valence-electron chi connectivity index (χ2n) is 3.18. The molecule has 0 saturated heterocycles. The van der Waals surface area contributed by atoms with Crippen molar-refractivity contribution in [1.82, 2.24) is 4.57 Å². The zero-order chi connectivity index (χ0) is 9.42. The van der Waals surface area contributed by atoms with E-state index in [0.29, 0.717) is 0 Å². The first-order chi connectivity index (χ1) is 6.25. The molecule has 0 saturated carbocycles. The third-order valence-corrected chi connectivity index (χ3v) is 2.52. The third kappa shape index (κ3) is 1.04. The Morgan fingerprint density at radius 3 is 2.69 bits per heavy atom. The van der Waals surface area contributed by atoms with Crippen molar-refractivity contribution >= 4 is 11.0 Å². The minimum atomic E-state index is 0.0711. The standard InChI is InChI=1S/C10H13N2O/c1-11-8-5-3-4-6-9(8)12(2)10(11)7-13/h3-6,13H,7H2,1-2H3/q+1. The summed E-state index contributed by atoms with van der Waals surface area (Å²) >= 11 is 0. The molecule has 0 aliphatic rings. The summed E-state index contributed by atoms with van der Waals surface area (Å²) in [5.74, 6) is 0.918. The maximum absolute atomic E-state index is 9.16. The summed E-state index contributed by atoms with van der Waals surface area (Å²) in [5, 5.41) is 9.16. The number of aliphatic hydroxyl groups is 1. The van der Waals surface area contributed by atoms with Gasteiger partial charge in [0.25, 0.3) is 5.82 Å². The van der Waals surface area contributed by atoms with Crippen LogP contribution in [0.1, 0.15) is 5.82 Å².